The van der Waals surface area contributed by atoms with E-state index in [9.17, 15) is 0 Å². The van der Waals surface area contributed by atoms with Crippen LogP contribution in [0.4, 0.5) is 0 Å². The maximum absolute atomic E-state index is 2.45. The van der Waals surface area contributed by atoms with Gasteiger partial charge in [-0.1, -0.05) is 0 Å². The van der Waals surface area contributed by atoms with Crippen LogP contribution in [0.1, 0.15) is 13.8 Å². The van der Waals surface area contributed by atoms with E-state index in [0.29, 0.717) is 0 Å². The summed E-state index contributed by atoms with van der Waals surface area (Å²) >= 11 is -0.331. The number of halogens is 2. The molecule has 0 atom stereocenters. The van der Waals surface area contributed by atoms with Gasteiger partial charge in [0, 0.05) is 0 Å². The molecule has 0 aromatic carbocycles. The van der Waals surface area contributed by atoms with E-state index in [-0.39, 0.29) is 48.6 Å². The van der Waals surface area contributed by atoms with E-state index >= 15 is 0 Å². The third-order valence-electron chi connectivity index (χ3n) is 1.29. The van der Waals surface area contributed by atoms with E-state index in [2.05, 4.69) is 33.6 Å². The Morgan fingerprint density at radius 1 is 0.909 bits per heavy atom. The first-order chi connectivity index (χ1) is 4.20. The normalized spacial score (nSPS) is 8.55. The van der Waals surface area contributed by atoms with E-state index < -0.39 is 0 Å². The van der Waals surface area contributed by atoms with Crippen molar-refractivity contribution >= 4 is 0 Å². The van der Waals surface area contributed by atoms with Crippen LogP contribution in [0.3, 0.4) is 0 Å². The van der Waals surface area contributed by atoms with Gasteiger partial charge in [0.05, 0.1) is 0 Å². The van der Waals surface area contributed by atoms with Gasteiger partial charge in [-0.3, -0.25) is 0 Å². The van der Waals surface area contributed by atoms with Gasteiger partial charge in [-0.25, -0.2) is 0 Å². The summed E-state index contributed by atoms with van der Waals surface area (Å²) < 4.78 is 4.90. The molecule has 0 unspecified atom stereocenters. The summed E-state index contributed by atoms with van der Waals surface area (Å²) in [6.45, 7) is 6.84. The summed E-state index contributed by atoms with van der Waals surface area (Å²) in [6.07, 6.45) is 0. The molecule has 0 bridgehead atoms. The third-order valence-corrected chi connectivity index (χ3v) is 4.52. The van der Waals surface area contributed by atoms with Crippen LogP contribution in [0.15, 0.2) is 0 Å². The molecule has 0 radical (unpaired) electrons. The zero-order valence-corrected chi connectivity index (χ0v) is 11.5. The van der Waals surface area contributed by atoms with E-state index in [1.54, 1.807) is 0 Å². The van der Waals surface area contributed by atoms with Gasteiger partial charge in [-0.05, 0) is 0 Å². The molecule has 0 aliphatic heterocycles. The summed E-state index contributed by atoms with van der Waals surface area (Å²) in [7, 11) is 4.41. The largest absolute Gasteiger partial charge is 1.00 e. The van der Waals surface area contributed by atoms with Crippen LogP contribution < -0.4 is 24.8 Å². The molecule has 0 amide bonds. The van der Waals surface area contributed by atoms with Crippen molar-refractivity contribution < 1.29 is 48.6 Å². The summed E-state index contributed by atoms with van der Waals surface area (Å²) in [6, 6.07) is 0. The van der Waals surface area contributed by atoms with E-state index in [4.69, 9.17) is 0 Å². The summed E-state index contributed by atoms with van der Waals surface area (Å²) in [5.74, 6) is 0. The number of hydrogen-bond donors (Lipinski definition) is 0. The van der Waals surface area contributed by atoms with Gasteiger partial charge in [0.25, 0.3) is 0 Å². The summed E-state index contributed by atoms with van der Waals surface area (Å²) in [5.41, 5.74) is 0. The molecule has 68 valence electrons. The second kappa shape index (κ2) is 11.4. The third kappa shape index (κ3) is 11.4. The Morgan fingerprint density at radius 2 is 1.18 bits per heavy atom. The molecular weight excluding hydrogens is 262 g/mol. The molecule has 0 spiro atoms. The fraction of sp³-hybridized carbons (Fsp3) is 1.00. The van der Waals surface area contributed by atoms with E-state index in [1.165, 1.54) is 13.1 Å². The molecule has 5 heteroatoms. The Morgan fingerprint density at radius 3 is 1.36 bits per heavy atom. The molecular formula is C6H16Cl2N2Zr. The second-order valence-corrected chi connectivity index (χ2v) is 6.37. The Kier molecular flexibility index (Phi) is 18.9. The smallest absolute Gasteiger partial charge is 1.00 e. The van der Waals surface area contributed by atoms with Crippen LogP contribution in [-0.4, -0.2) is 32.9 Å². The number of rotatable bonds is 4. The zero-order chi connectivity index (χ0) is 7.28. The average Bonchev–Trinajstić information content (AvgIpc) is 1.87. The molecule has 11 heavy (non-hydrogen) atoms. The molecule has 0 saturated heterocycles. The molecule has 0 saturated carbocycles. The van der Waals surface area contributed by atoms with Crippen LogP contribution in [0.2, 0.25) is 0 Å². The quantitative estimate of drug-likeness (QED) is 0.507. The molecule has 0 N–H and O–H groups in total. The minimum Gasteiger partial charge on any atom is -1.00 e. The van der Waals surface area contributed by atoms with Crippen molar-refractivity contribution in [3.05, 3.63) is 0 Å². The van der Waals surface area contributed by atoms with E-state index in [1.807, 2.05) is 0 Å². The minimum absolute atomic E-state index is 0. The van der Waals surface area contributed by atoms with Crippen molar-refractivity contribution in [3.63, 3.8) is 0 Å². The molecule has 0 rings (SSSR count). The Balaban J connectivity index is -0.000000320. The number of hydrogen-bond acceptors (Lipinski definition) is 2. The molecule has 0 aromatic rings. The maximum atomic E-state index is 2.45. The average molecular weight is 278 g/mol. The van der Waals surface area contributed by atoms with Crippen LogP contribution in [0.5, 0.6) is 0 Å². The first-order valence-electron chi connectivity index (χ1n) is 3.39. The first-order valence-corrected chi connectivity index (χ1v) is 5.59. The van der Waals surface area contributed by atoms with Gasteiger partial charge in [0.1, 0.15) is 0 Å². The van der Waals surface area contributed by atoms with Crippen molar-refractivity contribution in [1.82, 2.24) is 5.69 Å². The van der Waals surface area contributed by atoms with Crippen molar-refractivity contribution in [2.45, 2.75) is 13.8 Å². The van der Waals surface area contributed by atoms with Crippen molar-refractivity contribution in [2.24, 2.45) is 0 Å². The van der Waals surface area contributed by atoms with E-state index in [0.717, 1.165) is 0 Å². The van der Waals surface area contributed by atoms with Gasteiger partial charge >= 0.3 is 70.5 Å². The predicted molar refractivity (Wildman–Crippen MR) is 36.6 cm³/mol. The first kappa shape index (κ1) is 18.2. The minimum atomic E-state index is -0.331. The molecule has 0 aromatic heterocycles. The number of nitrogens with zero attached hydrogens (tertiary/aromatic N) is 2. The topological polar surface area (TPSA) is 6.48 Å². The van der Waals surface area contributed by atoms with Gasteiger partial charge in [-0.15, -0.1) is 0 Å². The van der Waals surface area contributed by atoms with Crippen molar-refractivity contribution in [2.75, 3.05) is 27.2 Å². The maximum Gasteiger partial charge on any atom is -1.00 e. The molecule has 0 heterocycles. The van der Waals surface area contributed by atoms with Crippen LogP contribution in [0.25, 0.3) is 0 Å². The van der Waals surface area contributed by atoms with Crippen LogP contribution in [0, 0.1) is 0 Å². The zero-order valence-electron chi connectivity index (χ0n) is 7.56. The monoisotopic (exact) mass is 276 g/mol. The van der Waals surface area contributed by atoms with Crippen LogP contribution >= 0.6 is 0 Å². The Labute approximate surface area is 94.9 Å². The Hall–Kier alpha value is 1.38. The predicted octanol–water partition coefficient (Wildman–Crippen LogP) is -5.19. The summed E-state index contributed by atoms with van der Waals surface area (Å²) in [4.78, 5) is 0. The fourth-order valence-corrected chi connectivity index (χ4v) is 2.56. The fourth-order valence-electron chi connectivity index (χ4n) is 0.433. The molecule has 0 aliphatic carbocycles. The Bertz CT molecular complexity index is 67.6. The molecule has 0 fully saturated rings. The summed E-state index contributed by atoms with van der Waals surface area (Å²) in [5, 5.41) is 0. The SMILES string of the molecule is CC[N](C)[Zr+2][N](C)CC.[Cl-].[Cl-]. The van der Waals surface area contributed by atoms with Gasteiger partial charge in [-0.2, -0.15) is 0 Å². The molecule has 0 aliphatic rings. The van der Waals surface area contributed by atoms with Crippen molar-refractivity contribution in [3.8, 4) is 0 Å². The van der Waals surface area contributed by atoms with Gasteiger partial charge in [0.2, 0.25) is 0 Å². The van der Waals surface area contributed by atoms with Gasteiger partial charge in [0.15, 0.2) is 0 Å². The van der Waals surface area contributed by atoms with Crippen LogP contribution in [-0.2, 0) is 23.8 Å². The van der Waals surface area contributed by atoms with Crippen molar-refractivity contribution in [1.29, 1.82) is 0 Å². The van der Waals surface area contributed by atoms with Gasteiger partial charge < -0.3 is 24.8 Å². The second-order valence-electron chi connectivity index (χ2n) is 2.13. The molecule has 2 nitrogen and oxygen atoms in total. The standard InChI is InChI=1S/2C3H8N.2ClH.Zr/c2*1-3-4-2;;;/h2*3H2,1-2H3;2*1H;/q2*-1;;;+4/p-2.